The van der Waals surface area contributed by atoms with Crippen molar-refractivity contribution in [2.45, 2.75) is 65.8 Å². The fourth-order valence-corrected chi connectivity index (χ4v) is 3.60. The van der Waals surface area contributed by atoms with Gasteiger partial charge in [0.2, 0.25) is 0 Å². The Morgan fingerprint density at radius 1 is 1.40 bits per heavy atom. The molecule has 1 fully saturated rings. The standard InChI is InChI=1S/C17H31N3/c1-5-10-20-11-9-19-16(20)15-12-17(3,4)8-7-14(15)13-18-6-2/h9,11,14-15,18H,5-8,10,12-13H2,1-4H3. The number of aromatic nitrogens is 2. The molecule has 0 amide bonds. The van der Waals surface area contributed by atoms with Gasteiger partial charge < -0.3 is 9.88 Å². The summed E-state index contributed by atoms with van der Waals surface area (Å²) in [7, 11) is 0. The molecule has 0 spiro atoms. The van der Waals surface area contributed by atoms with Gasteiger partial charge in [-0.2, -0.15) is 0 Å². The quantitative estimate of drug-likeness (QED) is 0.857. The second kappa shape index (κ2) is 6.75. The molecule has 2 unspecified atom stereocenters. The number of nitrogens with one attached hydrogen (secondary N) is 1. The van der Waals surface area contributed by atoms with E-state index in [1.54, 1.807) is 0 Å². The van der Waals surface area contributed by atoms with Crippen LogP contribution in [-0.4, -0.2) is 22.6 Å². The monoisotopic (exact) mass is 277 g/mol. The number of aryl methyl sites for hydroxylation is 1. The third-order valence-corrected chi connectivity index (χ3v) is 4.73. The van der Waals surface area contributed by atoms with Crippen molar-refractivity contribution < 1.29 is 0 Å². The van der Waals surface area contributed by atoms with E-state index in [2.05, 4.69) is 43.8 Å². The van der Waals surface area contributed by atoms with Crippen LogP contribution in [0.3, 0.4) is 0 Å². The summed E-state index contributed by atoms with van der Waals surface area (Å²) in [6.45, 7) is 12.6. The van der Waals surface area contributed by atoms with E-state index in [0.717, 1.165) is 25.6 Å². The van der Waals surface area contributed by atoms with Crippen molar-refractivity contribution in [2.24, 2.45) is 11.3 Å². The van der Waals surface area contributed by atoms with Crippen LogP contribution in [0.15, 0.2) is 12.4 Å². The maximum absolute atomic E-state index is 4.72. The molecule has 0 aromatic carbocycles. The minimum absolute atomic E-state index is 0.455. The van der Waals surface area contributed by atoms with Crippen molar-refractivity contribution >= 4 is 0 Å². The molecule has 1 aromatic rings. The van der Waals surface area contributed by atoms with Crippen LogP contribution in [0.4, 0.5) is 0 Å². The Morgan fingerprint density at radius 3 is 2.90 bits per heavy atom. The molecule has 0 aliphatic heterocycles. The van der Waals surface area contributed by atoms with Crippen LogP contribution in [0.2, 0.25) is 0 Å². The highest BCUT2D eigenvalue weighted by Gasteiger charge is 2.37. The van der Waals surface area contributed by atoms with Gasteiger partial charge in [-0.15, -0.1) is 0 Å². The van der Waals surface area contributed by atoms with Gasteiger partial charge in [0.1, 0.15) is 5.82 Å². The fourth-order valence-electron chi connectivity index (χ4n) is 3.60. The molecule has 1 aromatic heterocycles. The molecule has 1 N–H and O–H groups in total. The summed E-state index contributed by atoms with van der Waals surface area (Å²) in [6, 6.07) is 0. The average molecular weight is 277 g/mol. The zero-order chi connectivity index (χ0) is 14.6. The van der Waals surface area contributed by atoms with Crippen molar-refractivity contribution in [1.82, 2.24) is 14.9 Å². The lowest BCUT2D eigenvalue weighted by atomic mass is 9.66. The highest BCUT2D eigenvalue weighted by atomic mass is 15.1. The summed E-state index contributed by atoms with van der Waals surface area (Å²) in [6.07, 6.45) is 9.25. The molecule has 0 bridgehead atoms. The lowest BCUT2D eigenvalue weighted by Gasteiger charge is -2.40. The van der Waals surface area contributed by atoms with Gasteiger partial charge in [0, 0.05) is 24.9 Å². The number of nitrogens with zero attached hydrogens (tertiary/aromatic N) is 2. The van der Waals surface area contributed by atoms with E-state index in [1.165, 1.54) is 31.5 Å². The van der Waals surface area contributed by atoms with E-state index < -0.39 is 0 Å². The van der Waals surface area contributed by atoms with Gasteiger partial charge in [-0.1, -0.05) is 27.7 Å². The number of rotatable bonds is 6. The molecule has 2 atom stereocenters. The zero-order valence-electron chi connectivity index (χ0n) is 13.7. The van der Waals surface area contributed by atoms with Crippen LogP contribution in [0.5, 0.6) is 0 Å². The highest BCUT2D eigenvalue weighted by Crippen LogP contribution is 2.46. The Kier molecular flexibility index (Phi) is 5.25. The largest absolute Gasteiger partial charge is 0.335 e. The van der Waals surface area contributed by atoms with Gasteiger partial charge in [0.25, 0.3) is 0 Å². The van der Waals surface area contributed by atoms with Gasteiger partial charge in [-0.05, 0) is 50.1 Å². The Morgan fingerprint density at radius 2 is 2.20 bits per heavy atom. The molecule has 3 nitrogen and oxygen atoms in total. The van der Waals surface area contributed by atoms with Gasteiger partial charge in [-0.3, -0.25) is 0 Å². The SMILES string of the molecule is CCCn1ccnc1C1CC(C)(C)CCC1CNCC. The van der Waals surface area contributed by atoms with Crippen LogP contribution in [0, 0.1) is 11.3 Å². The van der Waals surface area contributed by atoms with Crippen molar-refractivity contribution in [3.8, 4) is 0 Å². The van der Waals surface area contributed by atoms with Gasteiger partial charge in [-0.25, -0.2) is 4.98 Å². The smallest absolute Gasteiger partial charge is 0.112 e. The van der Waals surface area contributed by atoms with E-state index >= 15 is 0 Å². The summed E-state index contributed by atoms with van der Waals surface area (Å²) in [5.74, 6) is 2.67. The number of hydrogen-bond donors (Lipinski definition) is 1. The molecule has 1 saturated carbocycles. The first kappa shape index (κ1) is 15.6. The second-order valence-electron chi connectivity index (χ2n) is 7.06. The van der Waals surface area contributed by atoms with Crippen LogP contribution in [0.1, 0.15) is 65.1 Å². The summed E-state index contributed by atoms with van der Waals surface area (Å²) in [4.78, 5) is 4.72. The Bertz CT molecular complexity index is 408. The van der Waals surface area contributed by atoms with Gasteiger partial charge in [0.15, 0.2) is 0 Å². The molecule has 0 radical (unpaired) electrons. The van der Waals surface area contributed by atoms with Crippen LogP contribution in [0.25, 0.3) is 0 Å². The van der Waals surface area contributed by atoms with E-state index in [1.807, 2.05) is 6.20 Å². The number of hydrogen-bond acceptors (Lipinski definition) is 2. The molecule has 0 saturated heterocycles. The average Bonchev–Trinajstić information content (AvgIpc) is 2.85. The molecule has 2 rings (SSSR count). The molecular formula is C17H31N3. The lowest BCUT2D eigenvalue weighted by molar-refractivity contribution is 0.153. The first-order valence-electron chi connectivity index (χ1n) is 8.29. The maximum Gasteiger partial charge on any atom is 0.112 e. The highest BCUT2D eigenvalue weighted by molar-refractivity contribution is 5.07. The second-order valence-corrected chi connectivity index (χ2v) is 7.06. The van der Waals surface area contributed by atoms with Crippen molar-refractivity contribution in [3.05, 3.63) is 18.2 Å². The molecule has 20 heavy (non-hydrogen) atoms. The molecular weight excluding hydrogens is 246 g/mol. The van der Waals surface area contributed by atoms with Crippen LogP contribution >= 0.6 is 0 Å². The minimum atomic E-state index is 0.455. The van der Waals surface area contributed by atoms with Crippen molar-refractivity contribution in [3.63, 3.8) is 0 Å². The van der Waals surface area contributed by atoms with Gasteiger partial charge >= 0.3 is 0 Å². The zero-order valence-corrected chi connectivity index (χ0v) is 13.7. The third kappa shape index (κ3) is 3.63. The molecule has 3 heteroatoms. The molecule has 1 aliphatic rings. The van der Waals surface area contributed by atoms with E-state index in [-0.39, 0.29) is 0 Å². The first-order valence-corrected chi connectivity index (χ1v) is 8.29. The predicted octanol–water partition coefficient (Wildman–Crippen LogP) is 3.81. The van der Waals surface area contributed by atoms with Crippen LogP contribution < -0.4 is 5.32 Å². The van der Waals surface area contributed by atoms with Crippen molar-refractivity contribution in [2.75, 3.05) is 13.1 Å². The topological polar surface area (TPSA) is 29.9 Å². The normalized spacial score (nSPS) is 25.8. The van der Waals surface area contributed by atoms with E-state index in [4.69, 9.17) is 4.98 Å². The number of imidazole rings is 1. The minimum Gasteiger partial charge on any atom is -0.335 e. The summed E-state index contributed by atoms with van der Waals surface area (Å²) < 4.78 is 2.38. The lowest BCUT2D eigenvalue weighted by Crippen LogP contribution is -2.36. The van der Waals surface area contributed by atoms with Gasteiger partial charge in [0.05, 0.1) is 0 Å². The molecule has 1 aliphatic carbocycles. The Balaban J connectivity index is 2.19. The molecule has 1 heterocycles. The third-order valence-electron chi connectivity index (χ3n) is 4.73. The van der Waals surface area contributed by atoms with Crippen molar-refractivity contribution in [1.29, 1.82) is 0 Å². The Labute approximate surface area is 124 Å². The summed E-state index contributed by atoms with van der Waals surface area (Å²) in [5, 5.41) is 3.55. The predicted molar refractivity (Wildman–Crippen MR) is 84.9 cm³/mol. The maximum atomic E-state index is 4.72. The fraction of sp³-hybridized carbons (Fsp3) is 0.824. The van der Waals surface area contributed by atoms with E-state index in [9.17, 15) is 0 Å². The van der Waals surface area contributed by atoms with E-state index in [0.29, 0.717) is 11.3 Å². The molecule has 114 valence electrons. The first-order chi connectivity index (χ1) is 9.57. The summed E-state index contributed by atoms with van der Waals surface area (Å²) >= 11 is 0. The Hall–Kier alpha value is -0.830. The summed E-state index contributed by atoms with van der Waals surface area (Å²) in [5.41, 5.74) is 0.455. The van der Waals surface area contributed by atoms with Crippen LogP contribution in [-0.2, 0) is 6.54 Å².